The molecule has 25 heavy (non-hydrogen) atoms. The van der Waals surface area contributed by atoms with Crippen LogP contribution in [0.5, 0.6) is 5.75 Å². The fourth-order valence-electron chi connectivity index (χ4n) is 2.05. The Labute approximate surface area is 155 Å². The molecule has 0 aliphatic heterocycles. The van der Waals surface area contributed by atoms with Crippen LogP contribution in [0.4, 0.5) is 5.69 Å². The minimum atomic E-state index is -0.994. The number of carbonyl (C=O) groups excluding carboxylic acids is 2. The van der Waals surface area contributed by atoms with Crippen LogP contribution in [0.3, 0.4) is 0 Å². The van der Waals surface area contributed by atoms with E-state index < -0.39 is 18.0 Å². The first kappa shape index (κ1) is 19.1. The number of nitrogens with one attached hydrogen (secondary N) is 1. The maximum atomic E-state index is 12.3. The Kier molecular flexibility index (Phi) is 6.73. The van der Waals surface area contributed by atoms with Crippen LogP contribution in [0.1, 0.15) is 17.3 Å². The molecule has 0 aliphatic rings. The second kappa shape index (κ2) is 8.78. The van der Waals surface area contributed by atoms with Gasteiger partial charge in [-0.25, -0.2) is 4.79 Å². The number of esters is 1. The molecule has 0 bridgehead atoms. The van der Waals surface area contributed by atoms with Gasteiger partial charge in [0.25, 0.3) is 5.91 Å². The third kappa shape index (κ3) is 4.90. The molecule has 1 N–H and O–H groups in total. The number of amides is 1. The van der Waals surface area contributed by atoms with Gasteiger partial charge >= 0.3 is 5.97 Å². The molecule has 2 aromatic rings. The van der Waals surface area contributed by atoms with Crippen LogP contribution in [-0.2, 0) is 9.53 Å². The van der Waals surface area contributed by atoms with Gasteiger partial charge < -0.3 is 14.8 Å². The molecule has 0 heterocycles. The van der Waals surface area contributed by atoms with Gasteiger partial charge in [-0.05, 0) is 43.5 Å². The summed E-state index contributed by atoms with van der Waals surface area (Å²) < 4.78 is 10.4. The number of rotatable bonds is 6. The van der Waals surface area contributed by atoms with Gasteiger partial charge in [-0.2, -0.15) is 0 Å². The molecule has 0 unspecified atom stereocenters. The lowest BCUT2D eigenvalue weighted by Crippen LogP contribution is -2.30. The van der Waals surface area contributed by atoms with Gasteiger partial charge in [0.1, 0.15) is 5.75 Å². The average molecular weight is 380 g/mol. The summed E-state index contributed by atoms with van der Waals surface area (Å²) in [5, 5.41) is 2.95. The molecule has 0 saturated heterocycles. The van der Waals surface area contributed by atoms with Crippen molar-refractivity contribution in [1.29, 1.82) is 0 Å². The zero-order valence-electron chi connectivity index (χ0n) is 14.0. The number of hydrogen-bond acceptors (Lipinski definition) is 5. The first-order chi connectivity index (χ1) is 12.0. The van der Waals surface area contributed by atoms with Crippen molar-refractivity contribution in [3.05, 3.63) is 53.1 Å². The molecule has 2 rings (SSSR count). The van der Waals surface area contributed by atoms with Crippen molar-refractivity contribution in [2.45, 2.75) is 17.9 Å². The van der Waals surface area contributed by atoms with E-state index in [2.05, 4.69) is 5.32 Å². The third-order valence-electron chi connectivity index (χ3n) is 3.41. The summed E-state index contributed by atoms with van der Waals surface area (Å²) >= 11 is 7.53. The number of anilines is 1. The normalized spacial score (nSPS) is 11.5. The Morgan fingerprint density at radius 3 is 2.60 bits per heavy atom. The van der Waals surface area contributed by atoms with E-state index in [1.807, 2.05) is 12.3 Å². The molecule has 0 fully saturated rings. The van der Waals surface area contributed by atoms with Crippen molar-refractivity contribution < 1.29 is 19.1 Å². The SMILES string of the molecule is COc1ccccc1NC(=O)[C@H](C)OC(=O)c1cc(SC)ccc1Cl. The summed E-state index contributed by atoms with van der Waals surface area (Å²) in [6.45, 7) is 1.50. The summed E-state index contributed by atoms with van der Waals surface area (Å²) in [5.74, 6) is -0.594. The van der Waals surface area contributed by atoms with Gasteiger partial charge in [-0.3, -0.25) is 4.79 Å². The predicted octanol–water partition coefficient (Wildman–Crippen LogP) is 4.25. The number of halogens is 1. The molecule has 2 aromatic carbocycles. The van der Waals surface area contributed by atoms with Crippen molar-refractivity contribution in [1.82, 2.24) is 0 Å². The zero-order valence-corrected chi connectivity index (χ0v) is 15.6. The Hall–Kier alpha value is -2.18. The van der Waals surface area contributed by atoms with E-state index >= 15 is 0 Å². The summed E-state index contributed by atoms with van der Waals surface area (Å²) in [5.41, 5.74) is 0.728. The minimum Gasteiger partial charge on any atom is -0.495 e. The summed E-state index contributed by atoms with van der Waals surface area (Å²) in [7, 11) is 1.51. The number of carbonyl (C=O) groups is 2. The molecule has 0 radical (unpaired) electrons. The lowest BCUT2D eigenvalue weighted by Gasteiger charge is -2.15. The van der Waals surface area contributed by atoms with E-state index in [9.17, 15) is 9.59 Å². The van der Waals surface area contributed by atoms with Crippen molar-refractivity contribution in [2.75, 3.05) is 18.7 Å². The number of methoxy groups -OCH3 is 1. The molecular weight excluding hydrogens is 362 g/mol. The highest BCUT2D eigenvalue weighted by Crippen LogP contribution is 2.25. The smallest absolute Gasteiger partial charge is 0.340 e. The largest absolute Gasteiger partial charge is 0.495 e. The second-order valence-electron chi connectivity index (χ2n) is 5.08. The number of benzene rings is 2. The van der Waals surface area contributed by atoms with E-state index in [0.29, 0.717) is 11.4 Å². The van der Waals surface area contributed by atoms with Gasteiger partial charge in [0.15, 0.2) is 6.10 Å². The number of ether oxygens (including phenoxy) is 2. The Morgan fingerprint density at radius 2 is 1.92 bits per heavy atom. The maximum absolute atomic E-state index is 12.3. The van der Waals surface area contributed by atoms with Crippen LogP contribution < -0.4 is 10.1 Å². The maximum Gasteiger partial charge on any atom is 0.340 e. The van der Waals surface area contributed by atoms with E-state index in [-0.39, 0.29) is 10.6 Å². The van der Waals surface area contributed by atoms with Crippen LogP contribution in [0.25, 0.3) is 0 Å². The lowest BCUT2D eigenvalue weighted by atomic mass is 10.2. The van der Waals surface area contributed by atoms with Crippen LogP contribution >= 0.6 is 23.4 Å². The van der Waals surface area contributed by atoms with Gasteiger partial charge in [0.05, 0.1) is 23.4 Å². The fourth-order valence-corrected chi connectivity index (χ4v) is 2.68. The minimum absolute atomic E-state index is 0.227. The zero-order chi connectivity index (χ0) is 18.4. The van der Waals surface area contributed by atoms with E-state index in [0.717, 1.165) is 4.90 Å². The highest BCUT2D eigenvalue weighted by atomic mass is 35.5. The number of thioether (sulfide) groups is 1. The van der Waals surface area contributed by atoms with Gasteiger partial charge in [-0.1, -0.05) is 23.7 Å². The Balaban J connectivity index is 2.07. The van der Waals surface area contributed by atoms with Crippen LogP contribution in [0.15, 0.2) is 47.4 Å². The third-order valence-corrected chi connectivity index (χ3v) is 4.47. The Morgan fingerprint density at radius 1 is 1.20 bits per heavy atom. The molecule has 132 valence electrons. The predicted molar refractivity (Wildman–Crippen MR) is 99.7 cm³/mol. The number of para-hydroxylation sites is 2. The fraction of sp³-hybridized carbons (Fsp3) is 0.222. The van der Waals surface area contributed by atoms with Crippen molar-refractivity contribution in [2.24, 2.45) is 0 Å². The van der Waals surface area contributed by atoms with Crippen molar-refractivity contribution >= 4 is 40.9 Å². The van der Waals surface area contributed by atoms with Crippen LogP contribution in [-0.4, -0.2) is 31.3 Å². The van der Waals surface area contributed by atoms with Gasteiger partial charge in [0.2, 0.25) is 0 Å². The van der Waals surface area contributed by atoms with Crippen molar-refractivity contribution in [3.8, 4) is 5.75 Å². The number of hydrogen-bond donors (Lipinski definition) is 1. The Bertz CT molecular complexity index is 781. The highest BCUT2D eigenvalue weighted by Gasteiger charge is 2.21. The highest BCUT2D eigenvalue weighted by molar-refractivity contribution is 7.98. The molecule has 5 nitrogen and oxygen atoms in total. The second-order valence-corrected chi connectivity index (χ2v) is 6.37. The molecule has 1 amide bonds. The van der Waals surface area contributed by atoms with Gasteiger partial charge in [-0.15, -0.1) is 11.8 Å². The lowest BCUT2D eigenvalue weighted by molar-refractivity contribution is -0.123. The summed E-state index contributed by atoms with van der Waals surface area (Å²) in [6.07, 6.45) is 0.896. The first-order valence-electron chi connectivity index (χ1n) is 7.44. The van der Waals surface area contributed by atoms with E-state index in [1.165, 1.54) is 25.8 Å². The average Bonchev–Trinajstić information content (AvgIpc) is 2.62. The molecule has 7 heteroatoms. The summed E-state index contributed by atoms with van der Waals surface area (Å²) in [6, 6.07) is 12.1. The molecule has 0 spiro atoms. The molecular formula is C18H18ClNO4S. The molecule has 1 atom stereocenters. The first-order valence-corrected chi connectivity index (χ1v) is 9.05. The standard InChI is InChI=1S/C18H18ClNO4S/c1-11(17(21)20-15-6-4-5-7-16(15)23-2)24-18(22)13-10-12(25-3)8-9-14(13)19/h4-11H,1-3H3,(H,20,21)/t11-/m0/s1. The summed E-state index contributed by atoms with van der Waals surface area (Å²) in [4.78, 5) is 25.5. The van der Waals surface area contributed by atoms with Crippen molar-refractivity contribution in [3.63, 3.8) is 0 Å². The molecule has 0 aromatic heterocycles. The van der Waals surface area contributed by atoms with E-state index in [4.69, 9.17) is 21.1 Å². The van der Waals surface area contributed by atoms with Crippen LogP contribution in [0, 0.1) is 0 Å². The molecule has 0 aliphatic carbocycles. The quantitative estimate of drug-likeness (QED) is 0.600. The van der Waals surface area contributed by atoms with E-state index in [1.54, 1.807) is 36.4 Å². The monoisotopic (exact) mass is 379 g/mol. The molecule has 0 saturated carbocycles. The topological polar surface area (TPSA) is 64.6 Å². The van der Waals surface area contributed by atoms with Crippen LogP contribution in [0.2, 0.25) is 5.02 Å². The van der Waals surface area contributed by atoms with Gasteiger partial charge in [0, 0.05) is 4.90 Å².